The van der Waals surface area contributed by atoms with Crippen LogP contribution in [-0.4, -0.2) is 52.9 Å². The van der Waals surface area contributed by atoms with Crippen molar-refractivity contribution in [3.63, 3.8) is 0 Å². The van der Waals surface area contributed by atoms with Gasteiger partial charge in [-0.2, -0.15) is 0 Å². The third-order valence-electron chi connectivity index (χ3n) is 4.03. The Balaban J connectivity index is 1.55. The van der Waals surface area contributed by atoms with E-state index in [1.165, 1.54) is 0 Å². The monoisotopic (exact) mass is 330 g/mol. The molecule has 122 valence electrons. The van der Waals surface area contributed by atoms with Gasteiger partial charge in [0.15, 0.2) is 0 Å². The molecule has 2 heterocycles. The minimum atomic E-state index is -0.409. The molecular weight excluding hydrogens is 308 g/mol. The Labute approximate surface area is 140 Å². The highest BCUT2D eigenvalue weighted by Crippen LogP contribution is 2.24. The number of hydrogen-bond donors (Lipinski definition) is 1. The predicted molar refractivity (Wildman–Crippen MR) is 93.1 cm³/mol. The highest BCUT2D eigenvalue weighted by molar-refractivity contribution is 7.13. The Morgan fingerprint density at radius 3 is 2.61 bits per heavy atom. The molecule has 6 heteroatoms. The van der Waals surface area contributed by atoms with Crippen molar-refractivity contribution in [2.45, 2.75) is 19.5 Å². The maximum Gasteiger partial charge on any atom is 0.239 e. The zero-order chi connectivity index (χ0) is 16.2. The van der Waals surface area contributed by atoms with Crippen molar-refractivity contribution in [2.24, 2.45) is 5.73 Å². The van der Waals surface area contributed by atoms with E-state index < -0.39 is 6.04 Å². The van der Waals surface area contributed by atoms with Gasteiger partial charge in [0.25, 0.3) is 0 Å². The Bertz CT molecular complexity index is 648. The van der Waals surface area contributed by atoms with Crippen LogP contribution in [0.1, 0.15) is 12.6 Å². The van der Waals surface area contributed by atoms with E-state index in [-0.39, 0.29) is 5.91 Å². The maximum absolute atomic E-state index is 11.9. The summed E-state index contributed by atoms with van der Waals surface area (Å²) in [7, 11) is 0. The lowest BCUT2D eigenvalue weighted by Crippen LogP contribution is -2.52. The summed E-state index contributed by atoms with van der Waals surface area (Å²) in [5.74, 6) is 0.0460. The van der Waals surface area contributed by atoms with E-state index in [1.54, 1.807) is 18.3 Å². The Kier molecular flexibility index (Phi) is 5.05. The smallest absolute Gasteiger partial charge is 0.239 e. The standard InChI is InChI=1S/C17H22N4OS/c1-13(18)17(22)21-9-7-20(8-10-21)11-15-12-23-16(19-15)14-5-3-2-4-6-14/h2-6,12-13H,7-11,18H2,1H3/t13-/m1/s1. The molecule has 0 unspecified atom stereocenters. The number of nitrogens with two attached hydrogens (primary N) is 1. The van der Waals surface area contributed by atoms with Crippen LogP contribution in [0.5, 0.6) is 0 Å². The summed E-state index contributed by atoms with van der Waals surface area (Å²) in [6, 6.07) is 9.84. The first-order chi connectivity index (χ1) is 11.1. The second kappa shape index (κ2) is 7.21. The third-order valence-corrected chi connectivity index (χ3v) is 4.97. The molecule has 0 bridgehead atoms. The maximum atomic E-state index is 11.9. The summed E-state index contributed by atoms with van der Waals surface area (Å²) in [6.07, 6.45) is 0. The summed E-state index contributed by atoms with van der Waals surface area (Å²) < 4.78 is 0. The molecule has 1 aliphatic heterocycles. The number of aromatic nitrogens is 1. The summed E-state index contributed by atoms with van der Waals surface area (Å²) in [5.41, 5.74) is 7.93. The lowest BCUT2D eigenvalue weighted by Gasteiger charge is -2.35. The molecule has 2 N–H and O–H groups in total. The van der Waals surface area contributed by atoms with E-state index in [2.05, 4.69) is 22.4 Å². The second-order valence-corrected chi connectivity index (χ2v) is 6.76. The van der Waals surface area contributed by atoms with Crippen molar-refractivity contribution in [3.05, 3.63) is 41.4 Å². The molecule has 0 radical (unpaired) electrons. The van der Waals surface area contributed by atoms with Gasteiger partial charge in [-0.3, -0.25) is 9.69 Å². The van der Waals surface area contributed by atoms with Gasteiger partial charge in [-0.25, -0.2) is 4.98 Å². The lowest BCUT2D eigenvalue weighted by molar-refractivity contribution is -0.134. The van der Waals surface area contributed by atoms with Crippen LogP contribution in [0.2, 0.25) is 0 Å². The molecule has 2 aromatic rings. The fraction of sp³-hybridized carbons (Fsp3) is 0.412. The van der Waals surface area contributed by atoms with Crippen LogP contribution in [0.3, 0.4) is 0 Å². The van der Waals surface area contributed by atoms with Gasteiger partial charge >= 0.3 is 0 Å². The van der Waals surface area contributed by atoms with Gasteiger partial charge in [0.1, 0.15) is 5.01 Å². The number of rotatable bonds is 4. The SMILES string of the molecule is C[C@@H](N)C(=O)N1CCN(Cc2csc(-c3ccccc3)n2)CC1. The van der Waals surface area contributed by atoms with Gasteiger partial charge in [-0.1, -0.05) is 30.3 Å². The summed E-state index contributed by atoms with van der Waals surface area (Å²) in [6.45, 7) is 5.82. The molecule has 1 aromatic carbocycles. The van der Waals surface area contributed by atoms with Crippen molar-refractivity contribution in [3.8, 4) is 10.6 Å². The summed E-state index contributed by atoms with van der Waals surface area (Å²) in [5, 5.41) is 3.19. The van der Waals surface area contributed by atoms with Crippen molar-refractivity contribution in [1.29, 1.82) is 0 Å². The van der Waals surface area contributed by atoms with Crippen LogP contribution < -0.4 is 5.73 Å². The largest absolute Gasteiger partial charge is 0.339 e. The van der Waals surface area contributed by atoms with E-state index in [1.807, 2.05) is 23.1 Å². The fourth-order valence-corrected chi connectivity index (χ4v) is 3.55. The van der Waals surface area contributed by atoms with Crippen LogP contribution in [0.4, 0.5) is 0 Å². The number of amides is 1. The fourth-order valence-electron chi connectivity index (χ4n) is 2.74. The molecule has 23 heavy (non-hydrogen) atoms. The lowest BCUT2D eigenvalue weighted by atomic mass is 10.2. The van der Waals surface area contributed by atoms with E-state index in [0.717, 1.165) is 49.0 Å². The number of benzene rings is 1. The Hall–Kier alpha value is -1.76. The second-order valence-electron chi connectivity index (χ2n) is 5.90. The van der Waals surface area contributed by atoms with Gasteiger partial charge in [0, 0.05) is 43.7 Å². The number of carbonyl (C=O) groups excluding carboxylic acids is 1. The topological polar surface area (TPSA) is 62.5 Å². The molecule has 1 aliphatic rings. The molecule has 1 saturated heterocycles. The highest BCUT2D eigenvalue weighted by Gasteiger charge is 2.23. The molecule has 1 atom stereocenters. The van der Waals surface area contributed by atoms with E-state index in [9.17, 15) is 4.79 Å². The zero-order valence-electron chi connectivity index (χ0n) is 13.3. The van der Waals surface area contributed by atoms with Crippen LogP contribution in [-0.2, 0) is 11.3 Å². The molecule has 1 amide bonds. The van der Waals surface area contributed by atoms with E-state index >= 15 is 0 Å². The zero-order valence-corrected chi connectivity index (χ0v) is 14.1. The van der Waals surface area contributed by atoms with Gasteiger partial charge in [0.2, 0.25) is 5.91 Å². The average molecular weight is 330 g/mol. The van der Waals surface area contributed by atoms with Gasteiger partial charge in [0.05, 0.1) is 11.7 Å². The average Bonchev–Trinajstić information content (AvgIpc) is 3.04. The molecule has 0 saturated carbocycles. The first-order valence-electron chi connectivity index (χ1n) is 7.90. The number of nitrogens with zero attached hydrogens (tertiary/aromatic N) is 3. The summed E-state index contributed by atoms with van der Waals surface area (Å²) >= 11 is 1.68. The van der Waals surface area contributed by atoms with Crippen molar-refractivity contribution >= 4 is 17.2 Å². The van der Waals surface area contributed by atoms with Gasteiger partial charge < -0.3 is 10.6 Å². The quantitative estimate of drug-likeness (QED) is 0.928. The summed E-state index contributed by atoms with van der Waals surface area (Å²) in [4.78, 5) is 20.8. The molecule has 1 aromatic heterocycles. The minimum absolute atomic E-state index is 0.0460. The Morgan fingerprint density at radius 1 is 1.26 bits per heavy atom. The van der Waals surface area contributed by atoms with E-state index in [4.69, 9.17) is 10.7 Å². The van der Waals surface area contributed by atoms with Crippen LogP contribution in [0.15, 0.2) is 35.7 Å². The van der Waals surface area contributed by atoms with Crippen LogP contribution >= 0.6 is 11.3 Å². The molecule has 3 rings (SSSR count). The third kappa shape index (κ3) is 3.96. The number of carbonyl (C=O) groups is 1. The highest BCUT2D eigenvalue weighted by atomic mass is 32.1. The Morgan fingerprint density at radius 2 is 1.96 bits per heavy atom. The number of hydrogen-bond acceptors (Lipinski definition) is 5. The van der Waals surface area contributed by atoms with Crippen molar-refractivity contribution < 1.29 is 4.79 Å². The number of piperazine rings is 1. The van der Waals surface area contributed by atoms with Crippen LogP contribution in [0, 0.1) is 0 Å². The van der Waals surface area contributed by atoms with Gasteiger partial charge in [-0.05, 0) is 6.92 Å². The van der Waals surface area contributed by atoms with Crippen LogP contribution in [0.25, 0.3) is 10.6 Å². The minimum Gasteiger partial charge on any atom is -0.339 e. The van der Waals surface area contributed by atoms with Crippen molar-refractivity contribution in [1.82, 2.24) is 14.8 Å². The van der Waals surface area contributed by atoms with E-state index in [0.29, 0.717) is 0 Å². The normalized spacial score (nSPS) is 17.2. The first kappa shape index (κ1) is 16.1. The predicted octanol–water partition coefficient (Wildman–Crippen LogP) is 1.80. The molecule has 0 aliphatic carbocycles. The van der Waals surface area contributed by atoms with Gasteiger partial charge in [-0.15, -0.1) is 11.3 Å². The number of thiazole rings is 1. The molecule has 1 fully saturated rings. The molecular formula is C17H22N4OS. The molecule has 0 spiro atoms. The molecule has 5 nitrogen and oxygen atoms in total. The van der Waals surface area contributed by atoms with Crippen molar-refractivity contribution in [2.75, 3.05) is 26.2 Å². The first-order valence-corrected chi connectivity index (χ1v) is 8.78.